The highest BCUT2D eigenvalue weighted by Crippen LogP contribution is 2.40. The summed E-state index contributed by atoms with van der Waals surface area (Å²) >= 11 is 0. The lowest BCUT2D eigenvalue weighted by atomic mass is 9.86. The van der Waals surface area contributed by atoms with Gasteiger partial charge >= 0.3 is 5.97 Å². The zero-order valence-corrected chi connectivity index (χ0v) is 20.5. The first-order valence-electron chi connectivity index (χ1n) is 12.0. The molecule has 4 heterocycles. The van der Waals surface area contributed by atoms with E-state index in [0.29, 0.717) is 27.9 Å². The maximum atomic E-state index is 14.5. The van der Waals surface area contributed by atoms with Gasteiger partial charge in [0.1, 0.15) is 12.4 Å². The van der Waals surface area contributed by atoms with E-state index in [1.807, 2.05) is 0 Å². The summed E-state index contributed by atoms with van der Waals surface area (Å²) in [5.74, 6) is -1.51. The number of esters is 1. The van der Waals surface area contributed by atoms with Crippen LogP contribution >= 0.6 is 0 Å². The molecule has 0 radical (unpaired) electrons. The van der Waals surface area contributed by atoms with Gasteiger partial charge in [0, 0.05) is 29.1 Å². The Morgan fingerprint density at radius 2 is 2.11 bits per heavy atom. The number of nitrogens with two attached hydrogens (primary N) is 1. The fourth-order valence-electron chi connectivity index (χ4n) is 4.97. The minimum absolute atomic E-state index is 0.0318. The summed E-state index contributed by atoms with van der Waals surface area (Å²) in [6.45, 7) is 3.76. The van der Waals surface area contributed by atoms with Crippen LogP contribution in [0.2, 0.25) is 0 Å². The number of nitrogens with zero attached hydrogens (tertiary/aromatic N) is 2. The molecule has 11 heteroatoms. The molecule has 10 nitrogen and oxygen atoms in total. The molecule has 0 fully saturated rings. The number of aryl methyl sites for hydroxylation is 1. The quantitative estimate of drug-likeness (QED) is 0.248. The number of rotatable bonds is 7. The molecule has 2 aromatic heterocycles. The Bertz CT molecular complexity index is 1520. The third-order valence-electron chi connectivity index (χ3n) is 7.09. The molecular weight excluding hydrogens is 483 g/mol. The van der Waals surface area contributed by atoms with E-state index in [9.17, 15) is 23.9 Å². The molecule has 0 spiro atoms. The number of nitrogens with one attached hydrogen (secondary N) is 1. The van der Waals surface area contributed by atoms with Crippen molar-refractivity contribution in [3.8, 4) is 11.4 Å². The zero-order valence-electron chi connectivity index (χ0n) is 20.5. The van der Waals surface area contributed by atoms with Gasteiger partial charge in [0.2, 0.25) is 5.91 Å². The Labute approximate surface area is 211 Å². The normalized spacial score (nSPS) is 17.8. The summed E-state index contributed by atoms with van der Waals surface area (Å²) in [5.41, 5.74) is 6.61. The number of hydrogen-bond donors (Lipinski definition) is 3. The predicted molar refractivity (Wildman–Crippen MR) is 131 cm³/mol. The van der Waals surface area contributed by atoms with Crippen LogP contribution in [0.1, 0.15) is 41.2 Å². The summed E-state index contributed by atoms with van der Waals surface area (Å²) in [5, 5.41) is 14.4. The van der Waals surface area contributed by atoms with Crippen molar-refractivity contribution in [2.75, 3.05) is 19.7 Å². The Morgan fingerprint density at radius 1 is 1.32 bits per heavy atom. The molecule has 2 aliphatic rings. The number of hydrogen-bond acceptors (Lipinski definition) is 8. The minimum atomic E-state index is -1.94. The van der Waals surface area contributed by atoms with E-state index in [-0.39, 0.29) is 68.5 Å². The summed E-state index contributed by atoms with van der Waals surface area (Å²) in [6, 6.07) is 4.66. The third-order valence-corrected chi connectivity index (χ3v) is 7.09. The highest BCUT2D eigenvalue weighted by molar-refractivity contribution is 5.89. The molecule has 1 atom stereocenters. The molecule has 4 N–H and O–H groups in total. The molecule has 5 rings (SSSR count). The van der Waals surface area contributed by atoms with Crippen molar-refractivity contribution >= 4 is 22.8 Å². The van der Waals surface area contributed by atoms with E-state index in [2.05, 4.69) is 5.32 Å². The third kappa shape index (κ3) is 3.99. The van der Waals surface area contributed by atoms with Crippen LogP contribution in [-0.4, -0.2) is 46.2 Å². The first kappa shape index (κ1) is 25.0. The molecule has 0 saturated carbocycles. The summed E-state index contributed by atoms with van der Waals surface area (Å²) in [7, 11) is 0. The van der Waals surface area contributed by atoms with Crippen LogP contribution in [0.3, 0.4) is 0 Å². The van der Waals surface area contributed by atoms with Crippen molar-refractivity contribution in [3.05, 3.63) is 62.2 Å². The van der Waals surface area contributed by atoms with Gasteiger partial charge in [-0.15, -0.1) is 0 Å². The van der Waals surface area contributed by atoms with Gasteiger partial charge in [-0.1, -0.05) is 6.92 Å². The molecule has 1 aromatic carbocycles. The maximum absolute atomic E-state index is 14.5. The lowest BCUT2D eigenvalue weighted by Crippen LogP contribution is -2.44. The first-order chi connectivity index (χ1) is 17.7. The number of aromatic nitrogens is 2. The predicted octanol–water partition coefficient (Wildman–Crippen LogP) is 1.12. The summed E-state index contributed by atoms with van der Waals surface area (Å²) in [4.78, 5) is 42.0. The topological polar surface area (TPSA) is 146 Å². The van der Waals surface area contributed by atoms with Crippen LogP contribution in [0.4, 0.5) is 4.39 Å². The second kappa shape index (κ2) is 9.33. The second-order valence-electron chi connectivity index (χ2n) is 9.25. The van der Waals surface area contributed by atoms with Gasteiger partial charge in [-0.25, -0.2) is 14.2 Å². The molecule has 0 unspecified atom stereocenters. The fraction of sp³-hybridized carbons (Fsp3) is 0.385. The maximum Gasteiger partial charge on any atom is 0.343 e. The Balaban J connectivity index is 1.62. The fourth-order valence-corrected chi connectivity index (χ4v) is 4.97. The van der Waals surface area contributed by atoms with Crippen molar-refractivity contribution in [1.82, 2.24) is 14.9 Å². The molecule has 2 aliphatic heterocycles. The van der Waals surface area contributed by atoms with Gasteiger partial charge in [0.15, 0.2) is 5.60 Å². The molecule has 194 valence electrons. The number of fused-ring (bicyclic) bond motifs is 5. The van der Waals surface area contributed by atoms with E-state index in [4.69, 9.17) is 20.2 Å². The number of carbonyl (C=O) groups excluding carboxylic acids is 2. The van der Waals surface area contributed by atoms with Gasteiger partial charge in [0.25, 0.3) is 5.56 Å². The number of pyridine rings is 2. The van der Waals surface area contributed by atoms with Crippen LogP contribution in [0, 0.1) is 12.7 Å². The van der Waals surface area contributed by atoms with Crippen LogP contribution in [0.5, 0.6) is 0 Å². The summed E-state index contributed by atoms with van der Waals surface area (Å²) in [6.07, 6.45) is 0.0318. The molecule has 0 aliphatic carbocycles. The number of benzene rings is 1. The zero-order chi connectivity index (χ0) is 26.5. The Morgan fingerprint density at radius 3 is 2.84 bits per heavy atom. The van der Waals surface area contributed by atoms with Gasteiger partial charge in [-0.2, -0.15) is 0 Å². The van der Waals surface area contributed by atoms with E-state index < -0.39 is 17.4 Å². The monoisotopic (exact) mass is 510 g/mol. The number of carbonyl (C=O) groups is 2. The Kier molecular flexibility index (Phi) is 6.30. The smallest absolute Gasteiger partial charge is 0.343 e. The molecule has 0 bridgehead atoms. The van der Waals surface area contributed by atoms with Crippen LogP contribution in [-0.2, 0) is 44.4 Å². The first-order valence-corrected chi connectivity index (χ1v) is 12.0. The van der Waals surface area contributed by atoms with Crippen LogP contribution < -0.4 is 16.6 Å². The average Bonchev–Trinajstić information content (AvgIpc) is 3.25. The highest BCUT2D eigenvalue weighted by atomic mass is 19.1. The van der Waals surface area contributed by atoms with Crippen molar-refractivity contribution in [2.45, 2.75) is 45.6 Å². The van der Waals surface area contributed by atoms with Crippen molar-refractivity contribution in [1.29, 1.82) is 0 Å². The average molecular weight is 511 g/mol. The number of cyclic esters (lactones) is 1. The molecule has 37 heavy (non-hydrogen) atoms. The lowest BCUT2D eigenvalue weighted by Gasteiger charge is -2.31. The molecule has 1 amide bonds. The van der Waals surface area contributed by atoms with Crippen molar-refractivity contribution in [2.24, 2.45) is 5.73 Å². The van der Waals surface area contributed by atoms with Crippen LogP contribution in [0.15, 0.2) is 23.0 Å². The van der Waals surface area contributed by atoms with Gasteiger partial charge in [-0.05, 0) is 36.6 Å². The summed E-state index contributed by atoms with van der Waals surface area (Å²) < 4.78 is 27.0. The standard InChI is InChI=1S/C26H27FN4O6/c1-3-26(35)18-7-21-23-15(10-31(21)24(33)17(18)12-37-25(26)34)16(11-36-5-4-29-22(32)9-28)14-6-13(2)19(27)8-20(14)30-23/h6-8,35H,3-5,9-12,28H2,1-2H3,(H,29,32)/t26-/m0/s1. The van der Waals surface area contributed by atoms with E-state index in [1.165, 1.54) is 10.6 Å². The van der Waals surface area contributed by atoms with E-state index >= 15 is 0 Å². The highest BCUT2D eigenvalue weighted by Gasteiger charge is 2.45. The molecular formula is C26H27FN4O6. The number of halogens is 1. The number of amides is 1. The van der Waals surface area contributed by atoms with Crippen molar-refractivity contribution < 1.29 is 28.6 Å². The van der Waals surface area contributed by atoms with E-state index in [1.54, 1.807) is 26.0 Å². The molecule has 3 aromatic rings. The largest absolute Gasteiger partial charge is 0.458 e. The number of ether oxygens (including phenoxy) is 2. The Hall–Kier alpha value is -3.67. The van der Waals surface area contributed by atoms with Gasteiger partial charge in [0.05, 0.1) is 48.8 Å². The van der Waals surface area contributed by atoms with Crippen LogP contribution in [0.25, 0.3) is 22.3 Å². The van der Waals surface area contributed by atoms with E-state index in [0.717, 1.165) is 11.1 Å². The second-order valence-corrected chi connectivity index (χ2v) is 9.25. The molecule has 0 saturated heterocycles. The van der Waals surface area contributed by atoms with Gasteiger partial charge < -0.3 is 30.2 Å². The minimum Gasteiger partial charge on any atom is -0.458 e. The lowest BCUT2D eigenvalue weighted by molar-refractivity contribution is -0.172. The SMILES string of the molecule is CC[C@@]1(O)C(=O)OCc2c1cc1n(c2=O)Cc2c-1nc1cc(F)c(C)cc1c2COCCNC(=O)CN. The van der Waals surface area contributed by atoms with Crippen molar-refractivity contribution in [3.63, 3.8) is 0 Å². The van der Waals surface area contributed by atoms with Gasteiger partial charge in [-0.3, -0.25) is 9.59 Å². The number of aliphatic hydroxyl groups is 1.